The summed E-state index contributed by atoms with van der Waals surface area (Å²) in [6, 6.07) is 7.63. The molecule has 21 heavy (non-hydrogen) atoms. The number of benzene rings is 1. The molecule has 1 amide bonds. The molecule has 6 heteroatoms. The third-order valence-electron chi connectivity index (χ3n) is 3.87. The molecule has 2 atom stereocenters. The highest BCUT2D eigenvalue weighted by atomic mass is 16.5. The van der Waals surface area contributed by atoms with E-state index in [1.54, 1.807) is 11.9 Å². The Kier molecular flexibility index (Phi) is 4.67. The molecule has 2 rings (SSSR count). The molecular formula is C15H21N3O3. The van der Waals surface area contributed by atoms with Gasteiger partial charge in [-0.3, -0.25) is 4.79 Å². The van der Waals surface area contributed by atoms with E-state index >= 15 is 0 Å². The summed E-state index contributed by atoms with van der Waals surface area (Å²) in [5.74, 6) is 0.795. The number of hydrogen-bond acceptors (Lipinski definition) is 4. The molecule has 0 radical (unpaired) electrons. The van der Waals surface area contributed by atoms with E-state index in [4.69, 9.17) is 15.7 Å². The molecule has 1 aliphatic heterocycles. The Morgan fingerprint density at radius 2 is 2.29 bits per heavy atom. The summed E-state index contributed by atoms with van der Waals surface area (Å²) in [4.78, 5) is 14.2. The molecule has 1 aromatic rings. The van der Waals surface area contributed by atoms with E-state index in [-0.39, 0.29) is 23.7 Å². The van der Waals surface area contributed by atoms with Crippen molar-refractivity contribution in [1.29, 1.82) is 0 Å². The average molecular weight is 291 g/mol. The number of amides is 1. The lowest BCUT2D eigenvalue weighted by Gasteiger charge is -2.31. The van der Waals surface area contributed by atoms with Gasteiger partial charge in [-0.25, -0.2) is 0 Å². The number of amidine groups is 1. The Morgan fingerprint density at radius 3 is 3.00 bits per heavy atom. The monoisotopic (exact) mass is 291 g/mol. The maximum Gasteiger partial charge on any atom is 0.229 e. The molecule has 0 spiro atoms. The largest absolute Gasteiger partial charge is 0.492 e. The highest BCUT2D eigenvalue weighted by Crippen LogP contribution is 2.27. The van der Waals surface area contributed by atoms with Crippen LogP contribution in [0.5, 0.6) is 5.75 Å². The van der Waals surface area contributed by atoms with Gasteiger partial charge in [-0.05, 0) is 25.0 Å². The molecule has 1 aliphatic rings. The highest BCUT2D eigenvalue weighted by Gasteiger charge is 2.30. The van der Waals surface area contributed by atoms with Crippen molar-refractivity contribution in [3.05, 3.63) is 29.8 Å². The number of rotatable bonds is 4. The van der Waals surface area contributed by atoms with Crippen LogP contribution in [-0.2, 0) is 11.2 Å². The van der Waals surface area contributed by atoms with Crippen LogP contribution < -0.4 is 10.5 Å². The quantitative estimate of drug-likeness (QED) is 0.378. The Labute approximate surface area is 124 Å². The lowest BCUT2D eigenvalue weighted by molar-refractivity contribution is -0.137. The van der Waals surface area contributed by atoms with E-state index in [2.05, 4.69) is 5.16 Å². The SMILES string of the molecule is CC(CC(N)=NO)N(C)C(=O)C1COc2ccccc2C1. The van der Waals surface area contributed by atoms with Gasteiger partial charge in [-0.2, -0.15) is 0 Å². The first-order valence-corrected chi connectivity index (χ1v) is 6.96. The van der Waals surface area contributed by atoms with Crippen molar-refractivity contribution in [2.45, 2.75) is 25.8 Å². The van der Waals surface area contributed by atoms with E-state index in [9.17, 15) is 4.79 Å². The summed E-state index contributed by atoms with van der Waals surface area (Å²) in [6.07, 6.45) is 1.01. The van der Waals surface area contributed by atoms with Gasteiger partial charge >= 0.3 is 0 Å². The van der Waals surface area contributed by atoms with Crippen molar-refractivity contribution < 1.29 is 14.7 Å². The van der Waals surface area contributed by atoms with Gasteiger partial charge in [0.25, 0.3) is 0 Å². The predicted molar refractivity (Wildman–Crippen MR) is 79.4 cm³/mol. The molecule has 3 N–H and O–H groups in total. The van der Waals surface area contributed by atoms with Crippen LogP contribution in [0, 0.1) is 5.92 Å². The first-order valence-electron chi connectivity index (χ1n) is 6.96. The number of fused-ring (bicyclic) bond motifs is 1. The maximum atomic E-state index is 12.5. The zero-order valence-corrected chi connectivity index (χ0v) is 12.3. The lowest BCUT2D eigenvalue weighted by atomic mass is 9.95. The minimum atomic E-state index is -0.195. The van der Waals surface area contributed by atoms with Crippen LogP contribution in [0.2, 0.25) is 0 Å². The lowest BCUT2D eigenvalue weighted by Crippen LogP contribution is -2.44. The fourth-order valence-electron chi connectivity index (χ4n) is 2.47. The number of carbonyl (C=O) groups is 1. The number of oxime groups is 1. The zero-order valence-electron chi connectivity index (χ0n) is 12.3. The first-order chi connectivity index (χ1) is 10.0. The van der Waals surface area contributed by atoms with E-state index in [1.807, 2.05) is 31.2 Å². The predicted octanol–water partition coefficient (Wildman–Crippen LogP) is 1.22. The summed E-state index contributed by atoms with van der Waals surface area (Å²) in [6.45, 7) is 2.25. The molecule has 1 aromatic carbocycles. The van der Waals surface area contributed by atoms with Gasteiger partial charge in [-0.15, -0.1) is 0 Å². The van der Waals surface area contributed by atoms with Crippen LogP contribution >= 0.6 is 0 Å². The van der Waals surface area contributed by atoms with Gasteiger partial charge in [0.1, 0.15) is 18.2 Å². The molecule has 2 unspecified atom stereocenters. The second kappa shape index (κ2) is 6.47. The Hall–Kier alpha value is -2.24. The smallest absolute Gasteiger partial charge is 0.229 e. The molecule has 1 heterocycles. The average Bonchev–Trinajstić information content (AvgIpc) is 2.52. The van der Waals surface area contributed by atoms with Gasteiger partial charge in [0.05, 0.1) is 5.92 Å². The normalized spacial score (nSPS) is 19.3. The van der Waals surface area contributed by atoms with Crippen LogP contribution in [0.15, 0.2) is 29.4 Å². The number of hydrogen-bond donors (Lipinski definition) is 2. The summed E-state index contributed by atoms with van der Waals surface area (Å²) < 4.78 is 5.65. The van der Waals surface area contributed by atoms with Crippen molar-refractivity contribution in [2.24, 2.45) is 16.8 Å². The van der Waals surface area contributed by atoms with Gasteiger partial charge in [0, 0.05) is 19.5 Å². The molecule has 0 aromatic heterocycles. The minimum absolute atomic E-state index is 0.0164. The van der Waals surface area contributed by atoms with E-state index in [0.29, 0.717) is 19.4 Å². The van der Waals surface area contributed by atoms with Crippen molar-refractivity contribution in [3.63, 3.8) is 0 Å². The third-order valence-corrected chi connectivity index (χ3v) is 3.87. The number of para-hydroxylation sites is 1. The van der Waals surface area contributed by atoms with Crippen LogP contribution in [0.1, 0.15) is 18.9 Å². The van der Waals surface area contributed by atoms with Gasteiger partial charge in [0.2, 0.25) is 5.91 Å². The molecule has 0 saturated carbocycles. The van der Waals surface area contributed by atoms with Gasteiger partial charge in [0.15, 0.2) is 0 Å². The van der Waals surface area contributed by atoms with E-state index in [0.717, 1.165) is 11.3 Å². The van der Waals surface area contributed by atoms with Gasteiger partial charge in [-0.1, -0.05) is 23.4 Å². The number of ether oxygens (including phenoxy) is 1. The Morgan fingerprint density at radius 1 is 1.57 bits per heavy atom. The molecular weight excluding hydrogens is 270 g/mol. The van der Waals surface area contributed by atoms with Crippen molar-refractivity contribution in [1.82, 2.24) is 4.90 Å². The van der Waals surface area contributed by atoms with E-state index in [1.165, 1.54) is 0 Å². The number of carbonyl (C=O) groups excluding carboxylic acids is 1. The second-order valence-electron chi connectivity index (χ2n) is 5.41. The molecule has 0 saturated heterocycles. The summed E-state index contributed by atoms with van der Waals surface area (Å²) >= 11 is 0. The Balaban J connectivity index is 2.01. The molecule has 114 valence electrons. The molecule has 0 bridgehead atoms. The Bertz CT molecular complexity index is 545. The highest BCUT2D eigenvalue weighted by molar-refractivity contribution is 5.83. The van der Waals surface area contributed by atoms with Crippen molar-refractivity contribution in [2.75, 3.05) is 13.7 Å². The molecule has 6 nitrogen and oxygen atoms in total. The fourth-order valence-corrected chi connectivity index (χ4v) is 2.47. The maximum absolute atomic E-state index is 12.5. The molecule has 0 fully saturated rings. The standard InChI is InChI=1S/C15H21N3O3/c1-10(7-14(16)17-20)18(2)15(19)12-8-11-5-3-4-6-13(11)21-9-12/h3-6,10,12,20H,7-9H2,1-2H3,(H2,16,17). The third kappa shape index (κ3) is 3.45. The minimum Gasteiger partial charge on any atom is -0.492 e. The van der Waals surface area contributed by atoms with Crippen LogP contribution in [0.25, 0.3) is 0 Å². The second-order valence-corrected chi connectivity index (χ2v) is 5.41. The number of nitrogens with zero attached hydrogens (tertiary/aromatic N) is 2. The van der Waals surface area contributed by atoms with Gasteiger partial charge < -0.3 is 20.6 Å². The van der Waals surface area contributed by atoms with Crippen LogP contribution in [-0.4, -0.2) is 41.5 Å². The van der Waals surface area contributed by atoms with Crippen molar-refractivity contribution in [3.8, 4) is 5.75 Å². The zero-order chi connectivity index (χ0) is 15.4. The topological polar surface area (TPSA) is 88.2 Å². The van der Waals surface area contributed by atoms with Crippen molar-refractivity contribution >= 4 is 11.7 Å². The fraction of sp³-hybridized carbons (Fsp3) is 0.467. The molecule has 0 aliphatic carbocycles. The first kappa shape index (κ1) is 15.2. The van der Waals surface area contributed by atoms with Crippen LogP contribution in [0.4, 0.5) is 0 Å². The summed E-state index contributed by atoms with van der Waals surface area (Å²) in [5.41, 5.74) is 6.55. The summed E-state index contributed by atoms with van der Waals surface area (Å²) in [7, 11) is 1.73. The number of nitrogens with two attached hydrogens (primary N) is 1. The van der Waals surface area contributed by atoms with Crippen LogP contribution in [0.3, 0.4) is 0 Å². The van der Waals surface area contributed by atoms with E-state index < -0.39 is 0 Å². The summed E-state index contributed by atoms with van der Waals surface area (Å²) in [5, 5.41) is 11.5.